The Morgan fingerprint density at radius 1 is 1.00 bits per heavy atom. The number of carbonyl (C=O) groups is 2. The highest BCUT2D eigenvalue weighted by atomic mass is 16.7. The van der Waals surface area contributed by atoms with E-state index in [0.717, 1.165) is 37.1 Å². The van der Waals surface area contributed by atoms with Crippen molar-refractivity contribution in [2.24, 2.45) is 5.92 Å². The third-order valence-corrected chi connectivity index (χ3v) is 6.08. The van der Waals surface area contributed by atoms with E-state index in [4.69, 9.17) is 14.2 Å². The van der Waals surface area contributed by atoms with Crippen molar-refractivity contribution in [3.63, 3.8) is 0 Å². The first kappa shape index (κ1) is 23.9. The lowest BCUT2D eigenvalue weighted by molar-refractivity contribution is -0.183. The van der Waals surface area contributed by atoms with Crippen molar-refractivity contribution >= 4 is 23.3 Å². The van der Waals surface area contributed by atoms with E-state index >= 15 is 0 Å². The van der Waals surface area contributed by atoms with Gasteiger partial charge in [0.15, 0.2) is 5.79 Å². The van der Waals surface area contributed by atoms with E-state index < -0.39 is 17.9 Å². The summed E-state index contributed by atoms with van der Waals surface area (Å²) in [5, 5.41) is 0. The van der Waals surface area contributed by atoms with Crippen molar-refractivity contribution < 1.29 is 23.8 Å². The maximum atomic E-state index is 13.1. The van der Waals surface area contributed by atoms with Gasteiger partial charge in [0.1, 0.15) is 6.10 Å². The first-order chi connectivity index (χ1) is 16.5. The maximum absolute atomic E-state index is 13.1. The molecule has 1 saturated carbocycles. The molecule has 1 saturated heterocycles. The van der Waals surface area contributed by atoms with Gasteiger partial charge in [0.25, 0.3) is 5.91 Å². The number of rotatable bonds is 7. The minimum atomic E-state index is -0.548. The summed E-state index contributed by atoms with van der Waals surface area (Å²) in [6, 6.07) is 18.9. The van der Waals surface area contributed by atoms with Gasteiger partial charge in [-0.15, -0.1) is 0 Å². The highest BCUT2D eigenvalue weighted by Crippen LogP contribution is 2.39. The number of amides is 1. The molecule has 1 spiro atoms. The Hall–Kier alpha value is -3.22. The van der Waals surface area contributed by atoms with E-state index in [2.05, 4.69) is 0 Å². The van der Waals surface area contributed by atoms with Crippen LogP contribution < -0.4 is 4.90 Å². The molecule has 2 fully saturated rings. The summed E-state index contributed by atoms with van der Waals surface area (Å²) in [5.41, 5.74) is 1.52. The monoisotopic (exact) mass is 461 g/mol. The Labute approximate surface area is 200 Å². The molecule has 178 valence electrons. The topological polar surface area (TPSA) is 65.1 Å². The summed E-state index contributed by atoms with van der Waals surface area (Å²) in [6.07, 6.45) is 9.53. The molecule has 2 atom stereocenters. The van der Waals surface area contributed by atoms with Gasteiger partial charge in [-0.05, 0) is 56.0 Å². The smallest absolute Gasteiger partial charge is 0.331 e. The zero-order valence-electron chi connectivity index (χ0n) is 19.5. The predicted octanol–water partition coefficient (Wildman–Crippen LogP) is 5.33. The number of benzene rings is 2. The fourth-order valence-corrected chi connectivity index (χ4v) is 4.49. The van der Waals surface area contributed by atoms with Crippen LogP contribution in [-0.4, -0.2) is 37.0 Å². The van der Waals surface area contributed by atoms with Gasteiger partial charge in [0, 0.05) is 36.4 Å². The molecule has 0 aromatic heterocycles. The Kier molecular flexibility index (Phi) is 7.93. The number of carbonyl (C=O) groups excluding carboxylic acids is 2. The number of hydrogen-bond acceptors (Lipinski definition) is 5. The fraction of sp³-hybridized carbons (Fsp3) is 0.357. The lowest BCUT2D eigenvalue weighted by Crippen LogP contribution is -2.35. The van der Waals surface area contributed by atoms with Crippen LogP contribution in [0.3, 0.4) is 0 Å². The molecule has 6 nitrogen and oxygen atoms in total. The van der Waals surface area contributed by atoms with Gasteiger partial charge in [-0.3, -0.25) is 9.69 Å². The van der Waals surface area contributed by atoms with Crippen molar-refractivity contribution in [3.8, 4) is 0 Å². The lowest BCUT2D eigenvalue weighted by atomic mass is 9.84. The second-order valence-electron chi connectivity index (χ2n) is 8.67. The molecule has 1 aliphatic carbocycles. The third-order valence-electron chi connectivity index (χ3n) is 6.08. The molecule has 2 aromatic rings. The third kappa shape index (κ3) is 6.22. The quantitative estimate of drug-likeness (QED) is 0.412. The summed E-state index contributed by atoms with van der Waals surface area (Å²) in [6.45, 7) is 3.00. The van der Waals surface area contributed by atoms with Crippen LogP contribution in [0.4, 0.5) is 11.4 Å². The summed E-state index contributed by atoms with van der Waals surface area (Å²) < 4.78 is 17.1. The van der Waals surface area contributed by atoms with E-state index in [-0.39, 0.29) is 11.8 Å². The molecular formula is C28H31NO5. The summed E-state index contributed by atoms with van der Waals surface area (Å²) in [7, 11) is 0. The van der Waals surface area contributed by atoms with Crippen LogP contribution in [0.5, 0.6) is 0 Å². The molecule has 2 aliphatic rings. The molecule has 1 amide bonds. The van der Waals surface area contributed by atoms with Gasteiger partial charge in [-0.25, -0.2) is 4.79 Å². The Balaban J connectivity index is 1.34. The number of anilines is 2. The molecule has 2 unspecified atom stereocenters. The Morgan fingerprint density at radius 2 is 1.62 bits per heavy atom. The summed E-state index contributed by atoms with van der Waals surface area (Å²) >= 11 is 0. The largest absolute Gasteiger partial charge is 0.455 e. The van der Waals surface area contributed by atoms with Crippen molar-refractivity contribution in [1.82, 2.24) is 0 Å². The SMILES string of the molecule is CC(C=CC(=O)N(c1ccccc1)c1ccccc1)OC(=O)C=CC1CCCC2(C1)OCCO2. The van der Waals surface area contributed by atoms with E-state index in [9.17, 15) is 9.59 Å². The number of para-hydroxylation sites is 2. The first-order valence-corrected chi connectivity index (χ1v) is 11.8. The van der Waals surface area contributed by atoms with Gasteiger partial charge in [0.2, 0.25) is 0 Å². The second-order valence-corrected chi connectivity index (χ2v) is 8.67. The van der Waals surface area contributed by atoms with E-state index in [0.29, 0.717) is 13.2 Å². The molecule has 0 bridgehead atoms. The van der Waals surface area contributed by atoms with Gasteiger partial charge >= 0.3 is 5.97 Å². The number of hydrogen-bond donors (Lipinski definition) is 0. The summed E-state index contributed by atoms with van der Waals surface area (Å²) in [5.74, 6) is -0.908. The van der Waals surface area contributed by atoms with Gasteiger partial charge < -0.3 is 14.2 Å². The lowest BCUT2D eigenvalue weighted by Gasteiger charge is -2.35. The zero-order valence-corrected chi connectivity index (χ0v) is 19.5. The number of ether oxygens (including phenoxy) is 3. The van der Waals surface area contributed by atoms with Crippen LogP contribution in [0.2, 0.25) is 0 Å². The molecule has 0 radical (unpaired) electrons. The van der Waals surface area contributed by atoms with E-state index in [1.807, 2.05) is 66.7 Å². The zero-order chi connectivity index (χ0) is 23.8. The van der Waals surface area contributed by atoms with Crippen LogP contribution in [0.1, 0.15) is 32.6 Å². The van der Waals surface area contributed by atoms with Gasteiger partial charge in [-0.1, -0.05) is 42.5 Å². The van der Waals surface area contributed by atoms with Crippen molar-refractivity contribution in [1.29, 1.82) is 0 Å². The van der Waals surface area contributed by atoms with Crippen LogP contribution in [0, 0.1) is 5.92 Å². The number of esters is 1. The average molecular weight is 462 g/mol. The van der Waals surface area contributed by atoms with E-state index in [1.165, 1.54) is 12.2 Å². The fourth-order valence-electron chi connectivity index (χ4n) is 4.49. The predicted molar refractivity (Wildman–Crippen MR) is 130 cm³/mol. The molecule has 4 rings (SSSR count). The maximum Gasteiger partial charge on any atom is 0.331 e. The summed E-state index contributed by atoms with van der Waals surface area (Å²) in [4.78, 5) is 27.0. The minimum Gasteiger partial charge on any atom is -0.455 e. The first-order valence-electron chi connectivity index (χ1n) is 11.8. The van der Waals surface area contributed by atoms with E-state index in [1.54, 1.807) is 17.9 Å². The molecule has 1 heterocycles. The van der Waals surface area contributed by atoms with Crippen LogP contribution in [-0.2, 0) is 23.8 Å². The Bertz CT molecular complexity index is 972. The average Bonchev–Trinajstić information content (AvgIpc) is 3.30. The van der Waals surface area contributed by atoms with Gasteiger partial charge in [-0.2, -0.15) is 0 Å². The number of allylic oxidation sites excluding steroid dienone is 1. The molecule has 6 heteroatoms. The van der Waals surface area contributed by atoms with Crippen molar-refractivity contribution in [3.05, 3.63) is 85.0 Å². The molecule has 2 aromatic carbocycles. The highest BCUT2D eigenvalue weighted by Gasteiger charge is 2.40. The van der Waals surface area contributed by atoms with Crippen molar-refractivity contribution in [2.75, 3.05) is 18.1 Å². The van der Waals surface area contributed by atoms with Crippen LogP contribution >= 0.6 is 0 Å². The molecular weight excluding hydrogens is 430 g/mol. The van der Waals surface area contributed by atoms with Gasteiger partial charge in [0.05, 0.1) is 13.2 Å². The second kappa shape index (κ2) is 11.3. The number of nitrogens with zero attached hydrogens (tertiary/aromatic N) is 1. The minimum absolute atomic E-state index is 0.220. The van der Waals surface area contributed by atoms with Crippen LogP contribution in [0.25, 0.3) is 0 Å². The Morgan fingerprint density at radius 3 is 2.24 bits per heavy atom. The van der Waals surface area contributed by atoms with Crippen LogP contribution in [0.15, 0.2) is 85.0 Å². The van der Waals surface area contributed by atoms with Crippen molar-refractivity contribution in [2.45, 2.75) is 44.5 Å². The highest BCUT2D eigenvalue weighted by molar-refractivity contribution is 6.07. The standard InChI is InChI=1S/C28H31NO5/c1-22(34-27(31)17-15-23-9-8-18-28(21-23)32-19-20-33-28)14-16-26(30)29(24-10-4-2-5-11-24)25-12-6-3-7-13-25/h2-7,10-17,22-23H,8-9,18-21H2,1H3. The molecule has 1 aliphatic heterocycles. The normalized spacial score (nSPS) is 20.6. The molecule has 34 heavy (non-hydrogen) atoms. The molecule has 0 N–H and O–H groups in total.